The molecular formula is C23H21ClN4O2S. The number of benzene rings is 2. The second kappa shape index (κ2) is 8.99. The molecule has 0 saturated carbocycles. The van der Waals surface area contributed by atoms with Crippen LogP contribution in [0.2, 0.25) is 5.02 Å². The summed E-state index contributed by atoms with van der Waals surface area (Å²) in [5, 5.41) is 8.77. The number of rotatable bonds is 6. The number of methoxy groups -OCH3 is 1. The van der Waals surface area contributed by atoms with Gasteiger partial charge in [0.05, 0.1) is 29.8 Å². The van der Waals surface area contributed by atoms with Crippen LogP contribution in [-0.2, 0) is 4.79 Å². The average Bonchev–Trinajstić information content (AvgIpc) is 3.19. The Morgan fingerprint density at radius 1 is 1.16 bits per heavy atom. The molecule has 0 aliphatic heterocycles. The number of aryl methyl sites for hydroxylation is 2. The fourth-order valence-corrected chi connectivity index (χ4v) is 4.10. The van der Waals surface area contributed by atoms with Crippen molar-refractivity contribution in [1.29, 1.82) is 0 Å². The molecule has 2 aromatic carbocycles. The minimum Gasteiger partial charge on any atom is -0.495 e. The van der Waals surface area contributed by atoms with Crippen molar-refractivity contribution in [2.24, 2.45) is 0 Å². The molecule has 4 rings (SSSR count). The minimum absolute atomic E-state index is 0.178. The summed E-state index contributed by atoms with van der Waals surface area (Å²) in [5.41, 5.74) is 5.77. The van der Waals surface area contributed by atoms with Gasteiger partial charge in [-0.15, -0.1) is 0 Å². The molecule has 2 aromatic heterocycles. The van der Waals surface area contributed by atoms with Crippen molar-refractivity contribution in [3.63, 3.8) is 0 Å². The van der Waals surface area contributed by atoms with Crippen molar-refractivity contribution in [2.45, 2.75) is 18.9 Å². The van der Waals surface area contributed by atoms with Crippen molar-refractivity contribution in [1.82, 2.24) is 14.6 Å². The summed E-state index contributed by atoms with van der Waals surface area (Å²) in [7, 11) is 1.55. The normalized spacial score (nSPS) is 11.0. The molecule has 0 aliphatic carbocycles. The van der Waals surface area contributed by atoms with E-state index in [1.165, 1.54) is 22.9 Å². The Morgan fingerprint density at radius 2 is 2.00 bits per heavy atom. The Labute approximate surface area is 189 Å². The molecule has 4 aromatic rings. The van der Waals surface area contributed by atoms with Gasteiger partial charge in [-0.1, -0.05) is 35.5 Å². The Morgan fingerprint density at radius 3 is 2.77 bits per heavy atom. The number of hydrogen-bond donors (Lipinski definition) is 1. The summed E-state index contributed by atoms with van der Waals surface area (Å²) >= 11 is 7.39. The molecule has 1 N–H and O–H groups in total. The number of hydrogen-bond acceptors (Lipinski definition) is 5. The van der Waals surface area contributed by atoms with Crippen molar-refractivity contribution in [2.75, 3.05) is 18.2 Å². The average molecular weight is 453 g/mol. The number of carbonyl (C=O) groups excluding carboxylic acids is 1. The third-order valence-electron chi connectivity index (χ3n) is 4.93. The lowest BCUT2D eigenvalue weighted by Crippen LogP contribution is -2.15. The van der Waals surface area contributed by atoms with Crippen LogP contribution in [0.5, 0.6) is 5.75 Å². The predicted octanol–water partition coefficient (Wildman–Crippen LogP) is 5.41. The van der Waals surface area contributed by atoms with Crippen molar-refractivity contribution >= 4 is 40.5 Å². The Kier molecular flexibility index (Phi) is 6.15. The smallest absolute Gasteiger partial charge is 0.234 e. The van der Waals surface area contributed by atoms with Crippen molar-refractivity contribution in [3.8, 4) is 17.0 Å². The van der Waals surface area contributed by atoms with Gasteiger partial charge in [-0.05, 0) is 55.3 Å². The van der Waals surface area contributed by atoms with E-state index in [1.807, 2.05) is 6.07 Å². The van der Waals surface area contributed by atoms with Crippen LogP contribution in [-0.4, -0.2) is 33.4 Å². The minimum atomic E-state index is -0.178. The van der Waals surface area contributed by atoms with Crippen LogP contribution >= 0.6 is 23.4 Å². The highest BCUT2D eigenvalue weighted by molar-refractivity contribution is 8.00. The molecule has 31 heavy (non-hydrogen) atoms. The quantitative estimate of drug-likeness (QED) is 0.396. The highest BCUT2D eigenvalue weighted by atomic mass is 35.5. The summed E-state index contributed by atoms with van der Waals surface area (Å²) in [6, 6.07) is 13.4. The maximum Gasteiger partial charge on any atom is 0.234 e. The van der Waals surface area contributed by atoms with Crippen LogP contribution in [0, 0.1) is 13.8 Å². The van der Waals surface area contributed by atoms with Crippen LogP contribution in [0.15, 0.2) is 59.9 Å². The third-order valence-corrected chi connectivity index (χ3v) is 6.16. The molecule has 0 radical (unpaired) electrons. The topological polar surface area (TPSA) is 68.5 Å². The van der Waals surface area contributed by atoms with Gasteiger partial charge in [0.25, 0.3) is 0 Å². The van der Waals surface area contributed by atoms with E-state index in [2.05, 4.69) is 47.4 Å². The van der Waals surface area contributed by atoms with Crippen LogP contribution < -0.4 is 10.1 Å². The fraction of sp³-hybridized carbons (Fsp3) is 0.174. The third kappa shape index (κ3) is 4.68. The summed E-state index contributed by atoms with van der Waals surface area (Å²) in [4.78, 5) is 17.0. The first kappa shape index (κ1) is 21.2. The van der Waals surface area contributed by atoms with E-state index in [0.29, 0.717) is 16.5 Å². The number of nitrogens with one attached hydrogen (secondary N) is 1. The van der Waals surface area contributed by atoms with Gasteiger partial charge in [-0.2, -0.15) is 5.10 Å². The first-order valence-electron chi connectivity index (χ1n) is 9.63. The SMILES string of the molecule is COc1ccc(Cl)cc1NC(=O)CSc1nccn2nc(-c3ccc(C)c(C)c3)cc12. The predicted molar refractivity (Wildman–Crippen MR) is 125 cm³/mol. The van der Waals surface area contributed by atoms with E-state index < -0.39 is 0 Å². The molecule has 0 saturated heterocycles. The van der Waals surface area contributed by atoms with Gasteiger partial charge < -0.3 is 10.1 Å². The summed E-state index contributed by atoms with van der Waals surface area (Å²) < 4.78 is 7.07. The monoisotopic (exact) mass is 452 g/mol. The molecule has 0 fully saturated rings. The molecule has 158 valence electrons. The first-order chi connectivity index (χ1) is 14.9. The Hall–Kier alpha value is -3.03. The van der Waals surface area contributed by atoms with Gasteiger partial charge in [0.2, 0.25) is 5.91 Å². The zero-order valence-electron chi connectivity index (χ0n) is 17.3. The highest BCUT2D eigenvalue weighted by Crippen LogP contribution is 2.29. The number of nitrogens with zero attached hydrogens (tertiary/aromatic N) is 3. The van der Waals surface area contributed by atoms with Crippen molar-refractivity contribution < 1.29 is 9.53 Å². The second-order valence-electron chi connectivity index (χ2n) is 7.07. The van der Waals surface area contributed by atoms with Gasteiger partial charge >= 0.3 is 0 Å². The molecule has 2 heterocycles. The summed E-state index contributed by atoms with van der Waals surface area (Å²) in [5.74, 6) is 0.562. The molecule has 6 nitrogen and oxygen atoms in total. The lowest BCUT2D eigenvalue weighted by Gasteiger charge is -2.10. The zero-order valence-corrected chi connectivity index (χ0v) is 18.9. The van der Waals surface area contributed by atoms with Crippen LogP contribution in [0.1, 0.15) is 11.1 Å². The van der Waals surface area contributed by atoms with Crippen LogP contribution in [0.25, 0.3) is 16.8 Å². The second-order valence-corrected chi connectivity index (χ2v) is 8.47. The zero-order chi connectivity index (χ0) is 22.0. The number of thioether (sulfide) groups is 1. The summed E-state index contributed by atoms with van der Waals surface area (Å²) in [6.07, 6.45) is 3.49. The van der Waals surface area contributed by atoms with E-state index in [9.17, 15) is 4.79 Å². The Balaban J connectivity index is 1.52. The number of fused-ring (bicyclic) bond motifs is 1. The van der Waals surface area contributed by atoms with E-state index in [-0.39, 0.29) is 11.7 Å². The van der Waals surface area contributed by atoms with Crippen LogP contribution in [0.4, 0.5) is 5.69 Å². The number of anilines is 1. The molecule has 0 atom stereocenters. The standard InChI is InChI=1S/C23H21ClN4O2S/c1-14-4-5-16(10-15(14)2)18-12-20-23(25-8-9-28(20)27-18)31-13-22(29)26-19-11-17(24)6-7-21(19)30-3/h4-12H,13H2,1-3H3,(H,26,29). The van der Waals surface area contributed by atoms with Gasteiger partial charge in [-0.3, -0.25) is 4.79 Å². The Bertz CT molecular complexity index is 1270. The molecule has 0 spiro atoms. The van der Waals surface area contributed by atoms with E-state index in [1.54, 1.807) is 42.2 Å². The van der Waals surface area contributed by atoms with Gasteiger partial charge in [-0.25, -0.2) is 9.50 Å². The highest BCUT2D eigenvalue weighted by Gasteiger charge is 2.13. The number of aromatic nitrogens is 3. The van der Waals surface area contributed by atoms with Gasteiger partial charge in [0.15, 0.2) is 0 Å². The maximum absolute atomic E-state index is 12.5. The largest absolute Gasteiger partial charge is 0.495 e. The maximum atomic E-state index is 12.5. The molecule has 1 amide bonds. The van der Waals surface area contributed by atoms with E-state index in [4.69, 9.17) is 16.3 Å². The number of ether oxygens (including phenoxy) is 1. The molecular weight excluding hydrogens is 432 g/mol. The van der Waals surface area contributed by atoms with E-state index >= 15 is 0 Å². The fourth-order valence-electron chi connectivity index (χ4n) is 3.15. The van der Waals surface area contributed by atoms with Gasteiger partial charge in [0.1, 0.15) is 10.8 Å². The molecule has 0 aliphatic rings. The van der Waals surface area contributed by atoms with Crippen molar-refractivity contribution in [3.05, 3.63) is 71.0 Å². The number of amides is 1. The summed E-state index contributed by atoms with van der Waals surface area (Å²) in [6.45, 7) is 4.18. The molecule has 0 unspecified atom stereocenters. The van der Waals surface area contributed by atoms with Gasteiger partial charge in [0, 0.05) is 23.0 Å². The molecule has 8 heteroatoms. The lowest BCUT2D eigenvalue weighted by atomic mass is 10.0. The number of halogens is 1. The molecule has 0 bridgehead atoms. The van der Waals surface area contributed by atoms with Crippen LogP contribution in [0.3, 0.4) is 0 Å². The number of carbonyl (C=O) groups is 1. The van der Waals surface area contributed by atoms with E-state index in [0.717, 1.165) is 21.8 Å². The lowest BCUT2D eigenvalue weighted by molar-refractivity contribution is -0.113. The first-order valence-corrected chi connectivity index (χ1v) is 11.0.